The molecule has 0 aliphatic carbocycles. The van der Waals surface area contributed by atoms with Crippen molar-refractivity contribution < 1.29 is 9.53 Å². The molecule has 3 unspecified atom stereocenters. The average Bonchev–Trinajstić information content (AvgIpc) is 2.67. The fourth-order valence-electron chi connectivity index (χ4n) is 2.54. The number of carbonyl (C=O) groups is 1. The Bertz CT molecular complexity index is 444. The molecule has 1 heterocycles. The van der Waals surface area contributed by atoms with Crippen LogP contribution in [0.25, 0.3) is 0 Å². The first-order valence-electron chi connectivity index (χ1n) is 6.68. The highest BCUT2D eigenvalue weighted by molar-refractivity contribution is 5.84. The topological polar surface area (TPSA) is 41.6 Å². The molecule has 0 bridgehead atoms. The maximum atomic E-state index is 12.3. The Hall–Kier alpha value is -1.39. The first kappa shape index (κ1) is 14.0. The summed E-state index contributed by atoms with van der Waals surface area (Å²) in [6.07, 6.45) is -0.0618. The zero-order valence-electron chi connectivity index (χ0n) is 12.0. The van der Waals surface area contributed by atoms with E-state index in [-0.39, 0.29) is 24.2 Å². The van der Waals surface area contributed by atoms with E-state index in [1.807, 2.05) is 18.7 Å². The second kappa shape index (κ2) is 5.72. The van der Waals surface area contributed by atoms with Crippen LogP contribution in [0.5, 0.6) is 0 Å². The Labute approximate surface area is 114 Å². The molecule has 0 spiro atoms. The zero-order chi connectivity index (χ0) is 14.0. The highest BCUT2D eigenvalue weighted by Crippen LogP contribution is 2.27. The molecule has 2 rings (SSSR count). The van der Waals surface area contributed by atoms with Gasteiger partial charge >= 0.3 is 0 Å². The number of hydrogen-bond acceptors (Lipinski definition) is 3. The van der Waals surface area contributed by atoms with Gasteiger partial charge in [0.2, 0.25) is 5.91 Å². The maximum absolute atomic E-state index is 12.3. The third-order valence-electron chi connectivity index (χ3n) is 3.59. The Morgan fingerprint density at radius 1 is 1.37 bits per heavy atom. The number of benzene rings is 1. The van der Waals surface area contributed by atoms with Crippen molar-refractivity contribution in [2.45, 2.75) is 39.0 Å². The number of carbonyl (C=O) groups excluding carboxylic acids is 1. The minimum absolute atomic E-state index is 0.0567. The molecule has 1 aliphatic rings. The van der Waals surface area contributed by atoms with E-state index in [4.69, 9.17) is 4.74 Å². The van der Waals surface area contributed by atoms with Gasteiger partial charge in [-0.3, -0.25) is 10.1 Å². The van der Waals surface area contributed by atoms with Crippen LogP contribution in [0.4, 0.5) is 0 Å². The summed E-state index contributed by atoms with van der Waals surface area (Å²) in [5.74, 6) is 0.134. The second-order valence-corrected chi connectivity index (χ2v) is 5.25. The van der Waals surface area contributed by atoms with Crippen LogP contribution in [-0.4, -0.2) is 36.6 Å². The lowest BCUT2D eigenvalue weighted by atomic mass is 10.1. The number of rotatable bonds is 4. The molecular weight excluding hydrogens is 240 g/mol. The minimum Gasteiger partial charge on any atom is -0.383 e. The van der Waals surface area contributed by atoms with Gasteiger partial charge in [0.15, 0.2) is 0 Å². The van der Waals surface area contributed by atoms with Crippen molar-refractivity contribution in [2.75, 3.05) is 13.7 Å². The summed E-state index contributed by atoms with van der Waals surface area (Å²) in [7, 11) is 1.66. The van der Waals surface area contributed by atoms with Crippen LogP contribution >= 0.6 is 0 Å². The molecule has 1 N–H and O–H groups in total. The molecule has 1 amide bonds. The van der Waals surface area contributed by atoms with Gasteiger partial charge in [0.05, 0.1) is 18.7 Å². The Morgan fingerprint density at radius 3 is 2.58 bits per heavy atom. The smallest absolute Gasteiger partial charge is 0.241 e. The summed E-state index contributed by atoms with van der Waals surface area (Å²) in [6.45, 7) is 6.53. The third kappa shape index (κ3) is 2.80. The highest BCUT2D eigenvalue weighted by atomic mass is 16.5. The van der Waals surface area contributed by atoms with Crippen molar-refractivity contribution in [1.82, 2.24) is 10.2 Å². The van der Waals surface area contributed by atoms with Gasteiger partial charge in [0, 0.05) is 7.11 Å². The van der Waals surface area contributed by atoms with Gasteiger partial charge in [-0.25, -0.2) is 0 Å². The predicted octanol–water partition coefficient (Wildman–Crippen LogP) is 1.85. The summed E-state index contributed by atoms with van der Waals surface area (Å²) in [5, 5.41) is 3.35. The van der Waals surface area contributed by atoms with Gasteiger partial charge in [-0.2, -0.15) is 0 Å². The fourth-order valence-corrected chi connectivity index (χ4v) is 2.54. The number of methoxy groups -OCH3 is 1. The molecule has 1 saturated heterocycles. The van der Waals surface area contributed by atoms with E-state index in [0.29, 0.717) is 6.61 Å². The van der Waals surface area contributed by atoms with Gasteiger partial charge in [0.25, 0.3) is 0 Å². The standard InChI is InChI=1S/C15H22N2O2/c1-10-5-7-13(8-6-10)14-16-12(3)15(18)17(14)11(2)9-19-4/h5-8,11-12,14,16H,9H2,1-4H3. The molecule has 0 radical (unpaired) electrons. The number of aryl methyl sites for hydroxylation is 1. The summed E-state index contributed by atoms with van der Waals surface area (Å²) < 4.78 is 5.18. The van der Waals surface area contributed by atoms with Crippen molar-refractivity contribution in [3.63, 3.8) is 0 Å². The van der Waals surface area contributed by atoms with E-state index in [1.165, 1.54) is 5.56 Å². The quantitative estimate of drug-likeness (QED) is 0.900. The lowest BCUT2D eigenvalue weighted by molar-refractivity contribution is -0.132. The maximum Gasteiger partial charge on any atom is 0.241 e. The van der Waals surface area contributed by atoms with E-state index in [1.54, 1.807) is 7.11 Å². The van der Waals surface area contributed by atoms with Crippen molar-refractivity contribution in [2.24, 2.45) is 0 Å². The van der Waals surface area contributed by atoms with Crippen LogP contribution < -0.4 is 5.32 Å². The van der Waals surface area contributed by atoms with Crippen molar-refractivity contribution in [3.8, 4) is 0 Å². The van der Waals surface area contributed by atoms with E-state index in [2.05, 4.69) is 36.5 Å². The molecule has 1 aromatic rings. The zero-order valence-corrected chi connectivity index (χ0v) is 12.0. The van der Waals surface area contributed by atoms with E-state index in [0.717, 1.165) is 5.56 Å². The van der Waals surface area contributed by atoms with Crippen molar-refractivity contribution in [3.05, 3.63) is 35.4 Å². The molecular formula is C15H22N2O2. The summed E-state index contributed by atoms with van der Waals surface area (Å²) in [5.41, 5.74) is 2.34. The van der Waals surface area contributed by atoms with Gasteiger partial charge < -0.3 is 9.64 Å². The second-order valence-electron chi connectivity index (χ2n) is 5.25. The Kier molecular flexibility index (Phi) is 4.22. The number of nitrogens with zero attached hydrogens (tertiary/aromatic N) is 1. The van der Waals surface area contributed by atoms with E-state index < -0.39 is 0 Å². The fraction of sp³-hybridized carbons (Fsp3) is 0.533. The van der Waals surface area contributed by atoms with Gasteiger partial charge in [-0.1, -0.05) is 29.8 Å². The Balaban J connectivity index is 2.26. The van der Waals surface area contributed by atoms with Gasteiger partial charge in [0.1, 0.15) is 6.17 Å². The molecule has 0 saturated carbocycles. The van der Waals surface area contributed by atoms with Crippen LogP contribution in [0, 0.1) is 6.92 Å². The number of nitrogens with one attached hydrogen (secondary N) is 1. The van der Waals surface area contributed by atoms with Gasteiger partial charge in [-0.15, -0.1) is 0 Å². The van der Waals surface area contributed by atoms with Crippen LogP contribution in [-0.2, 0) is 9.53 Å². The molecule has 1 aliphatic heterocycles. The molecule has 4 heteroatoms. The SMILES string of the molecule is COCC(C)N1C(=O)C(C)NC1c1ccc(C)cc1. The molecule has 104 valence electrons. The van der Waals surface area contributed by atoms with Crippen LogP contribution in [0.1, 0.15) is 31.1 Å². The summed E-state index contributed by atoms with van der Waals surface area (Å²) in [6, 6.07) is 8.20. The largest absolute Gasteiger partial charge is 0.383 e. The first-order valence-corrected chi connectivity index (χ1v) is 6.68. The Morgan fingerprint density at radius 2 is 2.00 bits per heavy atom. The first-order chi connectivity index (χ1) is 9.04. The van der Waals surface area contributed by atoms with Gasteiger partial charge in [-0.05, 0) is 26.3 Å². The molecule has 4 nitrogen and oxygen atoms in total. The lowest BCUT2D eigenvalue weighted by Crippen LogP contribution is -2.40. The summed E-state index contributed by atoms with van der Waals surface area (Å²) in [4.78, 5) is 14.2. The molecule has 1 fully saturated rings. The van der Waals surface area contributed by atoms with Crippen molar-refractivity contribution >= 4 is 5.91 Å². The van der Waals surface area contributed by atoms with Crippen LogP contribution in [0.2, 0.25) is 0 Å². The molecule has 19 heavy (non-hydrogen) atoms. The summed E-state index contributed by atoms with van der Waals surface area (Å²) >= 11 is 0. The monoisotopic (exact) mass is 262 g/mol. The van der Waals surface area contributed by atoms with Crippen molar-refractivity contribution in [1.29, 1.82) is 0 Å². The number of ether oxygens (including phenoxy) is 1. The number of hydrogen-bond donors (Lipinski definition) is 1. The molecule has 1 aromatic carbocycles. The lowest BCUT2D eigenvalue weighted by Gasteiger charge is -2.30. The van der Waals surface area contributed by atoms with E-state index in [9.17, 15) is 4.79 Å². The number of amides is 1. The predicted molar refractivity (Wildman–Crippen MR) is 74.7 cm³/mol. The molecule has 3 atom stereocenters. The normalized spacial score (nSPS) is 24.8. The van der Waals surface area contributed by atoms with Crippen LogP contribution in [0.3, 0.4) is 0 Å². The minimum atomic E-state index is -0.148. The molecule has 0 aromatic heterocycles. The highest BCUT2D eigenvalue weighted by Gasteiger charge is 2.39. The van der Waals surface area contributed by atoms with Crippen LogP contribution in [0.15, 0.2) is 24.3 Å². The van der Waals surface area contributed by atoms with E-state index >= 15 is 0 Å². The average molecular weight is 262 g/mol. The third-order valence-corrected chi connectivity index (χ3v) is 3.59.